The molecule has 2 atom stereocenters. The van der Waals surface area contributed by atoms with Gasteiger partial charge in [0.05, 0.1) is 0 Å². The van der Waals surface area contributed by atoms with Crippen molar-refractivity contribution < 1.29 is 0 Å². The minimum Gasteiger partial charge on any atom is -0.130 e. The zero-order valence-electron chi connectivity index (χ0n) is 17.1. The van der Waals surface area contributed by atoms with Crippen LogP contribution in [0.5, 0.6) is 0 Å². The third-order valence-electron chi connectivity index (χ3n) is 5.80. The number of hydrogen-bond acceptors (Lipinski definition) is 0. The van der Waals surface area contributed by atoms with Crippen LogP contribution in [0.3, 0.4) is 0 Å². The zero-order valence-corrected chi connectivity index (χ0v) is 18.2. The van der Waals surface area contributed by atoms with E-state index in [9.17, 15) is 0 Å². The summed E-state index contributed by atoms with van der Waals surface area (Å²) in [4.78, 5) is 0. The Morgan fingerprint density at radius 3 is 1.54 bits per heavy atom. The van der Waals surface area contributed by atoms with Crippen LogP contribution in [0.4, 0.5) is 0 Å². The Kier molecular flexibility index (Phi) is 7.87. The molecule has 146 valence electrons. The normalized spacial score (nSPS) is 12.6. The van der Waals surface area contributed by atoms with E-state index in [4.69, 9.17) is 0 Å². The van der Waals surface area contributed by atoms with Gasteiger partial charge in [0.1, 0.15) is 0 Å². The maximum atomic E-state index is 3.32. The van der Waals surface area contributed by atoms with Gasteiger partial charge in [-0.2, -0.15) is 0 Å². The van der Waals surface area contributed by atoms with Crippen molar-refractivity contribution in [3.8, 4) is 0 Å². The molecule has 3 aromatic rings. The monoisotopic (exact) mass is 388 g/mol. The fourth-order valence-electron chi connectivity index (χ4n) is 4.24. The van der Waals surface area contributed by atoms with Gasteiger partial charge in [-0.15, -0.1) is 9.24 Å². The molecule has 0 aliphatic rings. The van der Waals surface area contributed by atoms with Crippen LogP contribution in [0.25, 0.3) is 0 Å². The SMILES string of the molecule is CCCCC(Cc1ccccc1)C(P)(Cc1ccccc1)Cc1ccccc1. The number of unbranched alkanes of at least 4 members (excludes halogenated alkanes) is 1. The second-order valence-electron chi connectivity index (χ2n) is 8.09. The Bertz CT molecular complexity index is 754. The van der Waals surface area contributed by atoms with Gasteiger partial charge >= 0.3 is 0 Å². The third kappa shape index (κ3) is 6.05. The van der Waals surface area contributed by atoms with Gasteiger partial charge in [0.25, 0.3) is 0 Å². The molecule has 0 bridgehead atoms. The minimum atomic E-state index is 0.147. The lowest BCUT2D eigenvalue weighted by Gasteiger charge is -2.39. The van der Waals surface area contributed by atoms with Crippen LogP contribution < -0.4 is 0 Å². The Morgan fingerprint density at radius 1 is 0.679 bits per heavy atom. The highest BCUT2D eigenvalue weighted by Crippen LogP contribution is 2.40. The summed E-state index contributed by atoms with van der Waals surface area (Å²) in [6.07, 6.45) is 7.14. The molecule has 0 N–H and O–H groups in total. The molecule has 0 saturated heterocycles. The topological polar surface area (TPSA) is 0 Å². The van der Waals surface area contributed by atoms with Crippen molar-refractivity contribution in [3.63, 3.8) is 0 Å². The lowest BCUT2D eigenvalue weighted by molar-refractivity contribution is 0.334. The second-order valence-corrected chi connectivity index (χ2v) is 9.24. The number of rotatable bonds is 10. The van der Waals surface area contributed by atoms with E-state index in [1.807, 2.05) is 0 Å². The van der Waals surface area contributed by atoms with Crippen molar-refractivity contribution in [2.75, 3.05) is 0 Å². The van der Waals surface area contributed by atoms with Gasteiger partial charge in [0.2, 0.25) is 0 Å². The van der Waals surface area contributed by atoms with Crippen molar-refractivity contribution in [3.05, 3.63) is 108 Å². The molecule has 3 rings (SSSR count). The van der Waals surface area contributed by atoms with Gasteiger partial charge in [-0.1, -0.05) is 111 Å². The first-order valence-corrected chi connectivity index (χ1v) is 11.2. The average Bonchev–Trinajstić information content (AvgIpc) is 2.73. The Labute approximate surface area is 173 Å². The molecule has 0 spiro atoms. The maximum absolute atomic E-state index is 3.32. The first kappa shape index (κ1) is 20.8. The van der Waals surface area contributed by atoms with Gasteiger partial charge < -0.3 is 0 Å². The Balaban J connectivity index is 1.92. The van der Waals surface area contributed by atoms with Crippen LogP contribution in [-0.2, 0) is 19.3 Å². The van der Waals surface area contributed by atoms with E-state index >= 15 is 0 Å². The molecular weight excluding hydrogens is 355 g/mol. The van der Waals surface area contributed by atoms with Crippen molar-refractivity contribution in [2.24, 2.45) is 5.92 Å². The number of hydrogen-bond donors (Lipinski definition) is 0. The molecule has 0 aliphatic carbocycles. The Hall–Kier alpha value is -1.91. The largest absolute Gasteiger partial charge is 0.130 e. The molecule has 28 heavy (non-hydrogen) atoms. The van der Waals surface area contributed by atoms with E-state index in [0.717, 1.165) is 19.3 Å². The third-order valence-corrected chi connectivity index (χ3v) is 6.68. The summed E-state index contributed by atoms with van der Waals surface area (Å²) in [5.41, 5.74) is 4.32. The fraction of sp³-hybridized carbons (Fsp3) is 0.333. The van der Waals surface area contributed by atoms with Gasteiger partial charge in [-0.3, -0.25) is 0 Å². The van der Waals surface area contributed by atoms with Crippen LogP contribution >= 0.6 is 9.24 Å². The summed E-state index contributed by atoms with van der Waals surface area (Å²) >= 11 is 0. The maximum Gasteiger partial charge on any atom is -0.00385 e. The molecular formula is C27H33P. The lowest BCUT2D eigenvalue weighted by atomic mass is 9.76. The molecule has 0 fully saturated rings. The van der Waals surface area contributed by atoms with Crippen LogP contribution in [-0.4, -0.2) is 5.16 Å². The van der Waals surface area contributed by atoms with Gasteiger partial charge in [0.15, 0.2) is 0 Å². The molecule has 3 aromatic carbocycles. The van der Waals surface area contributed by atoms with Crippen LogP contribution in [0.1, 0.15) is 42.9 Å². The molecule has 0 aliphatic heterocycles. The zero-order chi connectivity index (χ0) is 19.7. The van der Waals surface area contributed by atoms with Crippen LogP contribution in [0.15, 0.2) is 91.0 Å². The van der Waals surface area contributed by atoms with E-state index in [2.05, 4.69) is 107 Å². The second kappa shape index (κ2) is 10.6. The highest BCUT2D eigenvalue weighted by atomic mass is 31.0. The summed E-state index contributed by atoms with van der Waals surface area (Å²) in [6.45, 7) is 2.30. The molecule has 0 amide bonds. The van der Waals surface area contributed by atoms with Crippen molar-refractivity contribution in [1.82, 2.24) is 0 Å². The van der Waals surface area contributed by atoms with E-state index in [1.54, 1.807) is 0 Å². The molecule has 0 radical (unpaired) electrons. The van der Waals surface area contributed by atoms with E-state index < -0.39 is 0 Å². The summed E-state index contributed by atoms with van der Waals surface area (Å²) in [6, 6.07) is 33.1. The van der Waals surface area contributed by atoms with Crippen molar-refractivity contribution >= 4 is 9.24 Å². The molecule has 0 nitrogen and oxygen atoms in total. The predicted molar refractivity (Wildman–Crippen MR) is 126 cm³/mol. The fourth-order valence-corrected chi connectivity index (χ4v) is 5.00. The molecule has 0 heterocycles. The van der Waals surface area contributed by atoms with Crippen LogP contribution in [0, 0.1) is 5.92 Å². The van der Waals surface area contributed by atoms with Crippen LogP contribution in [0.2, 0.25) is 0 Å². The highest BCUT2D eigenvalue weighted by Gasteiger charge is 2.34. The van der Waals surface area contributed by atoms with E-state index in [1.165, 1.54) is 36.0 Å². The average molecular weight is 389 g/mol. The Morgan fingerprint density at radius 2 is 1.11 bits per heavy atom. The number of benzene rings is 3. The van der Waals surface area contributed by atoms with Gasteiger partial charge in [-0.25, -0.2) is 0 Å². The highest BCUT2D eigenvalue weighted by molar-refractivity contribution is 7.19. The quantitative estimate of drug-likeness (QED) is 0.324. The summed E-state index contributed by atoms with van der Waals surface area (Å²) in [7, 11) is 3.32. The predicted octanol–water partition coefficient (Wildman–Crippen LogP) is 7.13. The van der Waals surface area contributed by atoms with Crippen molar-refractivity contribution in [1.29, 1.82) is 0 Å². The molecule has 1 heteroatoms. The minimum absolute atomic E-state index is 0.147. The first-order chi connectivity index (χ1) is 13.7. The van der Waals surface area contributed by atoms with E-state index in [0.29, 0.717) is 5.92 Å². The standard InChI is InChI=1S/C27H33P/c1-2-3-19-26(20-23-13-7-4-8-14-23)27(28,21-24-15-9-5-10-16-24)22-25-17-11-6-12-18-25/h4-18,26H,2-3,19-22,28H2,1H3. The summed E-state index contributed by atoms with van der Waals surface area (Å²) in [5.74, 6) is 0.625. The summed E-state index contributed by atoms with van der Waals surface area (Å²) < 4.78 is 0. The lowest BCUT2D eigenvalue weighted by Crippen LogP contribution is -2.38. The smallest absolute Gasteiger partial charge is 0.00385 e. The summed E-state index contributed by atoms with van der Waals surface area (Å²) in [5, 5.41) is 0.147. The van der Waals surface area contributed by atoms with E-state index in [-0.39, 0.29) is 5.16 Å². The molecule has 2 unspecified atom stereocenters. The van der Waals surface area contributed by atoms with Gasteiger partial charge in [0, 0.05) is 0 Å². The molecule has 0 aromatic heterocycles. The first-order valence-electron chi connectivity index (χ1n) is 10.6. The molecule has 0 saturated carbocycles. The van der Waals surface area contributed by atoms with Gasteiger partial charge in [-0.05, 0) is 53.4 Å². The van der Waals surface area contributed by atoms with Crippen molar-refractivity contribution in [2.45, 2.75) is 50.6 Å².